The number of aliphatic hydroxyl groups is 1. The van der Waals surface area contributed by atoms with E-state index in [0.29, 0.717) is 22.8 Å². The van der Waals surface area contributed by atoms with Crippen molar-refractivity contribution in [1.82, 2.24) is 0 Å². The van der Waals surface area contributed by atoms with Crippen LogP contribution < -0.4 is 4.74 Å². The molecule has 7 nitrogen and oxygen atoms in total. The van der Waals surface area contributed by atoms with E-state index in [1.807, 2.05) is 115 Å². The molecule has 1 unspecified atom stereocenters. The Balaban J connectivity index is 1.26. The molecule has 276 valence electrons. The van der Waals surface area contributed by atoms with Crippen LogP contribution in [0, 0.1) is 0 Å². The van der Waals surface area contributed by atoms with Crippen LogP contribution >= 0.6 is 11.6 Å². The zero-order valence-electron chi connectivity index (χ0n) is 29.0. The highest BCUT2D eigenvalue weighted by Gasteiger charge is 2.69. The van der Waals surface area contributed by atoms with Crippen molar-refractivity contribution in [3.05, 3.63) is 172 Å². The normalized spacial score (nSPS) is 23.7. The van der Waals surface area contributed by atoms with Crippen LogP contribution in [0.3, 0.4) is 0 Å². The van der Waals surface area contributed by atoms with Crippen LogP contribution in [0.25, 0.3) is 0 Å². The van der Waals surface area contributed by atoms with E-state index in [1.165, 1.54) is 0 Å². The molecule has 2 bridgehead atoms. The molecule has 53 heavy (non-hydrogen) atoms. The van der Waals surface area contributed by atoms with Crippen molar-refractivity contribution in [3.63, 3.8) is 0 Å². The van der Waals surface area contributed by atoms with E-state index < -0.39 is 49.3 Å². The van der Waals surface area contributed by atoms with Gasteiger partial charge >= 0.3 is 0 Å². The lowest BCUT2D eigenvalue weighted by molar-refractivity contribution is -0.353. The fourth-order valence-corrected chi connectivity index (χ4v) is 7.13. The number of fused-ring (bicyclic) bond motifs is 2. The topological polar surface area (TPSA) is 75.6 Å². The molecule has 0 aromatic heterocycles. The molecule has 0 radical (unpaired) electrons. The van der Waals surface area contributed by atoms with Gasteiger partial charge in [0, 0.05) is 10.6 Å². The Bertz CT molecular complexity index is 1900. The van der Waals surface area contributed by atoms with Crippen molar-refractivity contribution in [3.8, 4) is 5.75 Å². The third-order valence-corrected chi connectivity index (χ3v) is 9.98. The third-order valence-electron chi connectivity index (χ3n) is 9.62. The Morgan fingerprint density at radius 2 is 1.26 bits per heavy atom. The number of aliphatic hydroxyl groups excluding tert-OH is 1. The van der Waals surface area contributed by atoms with Crippen molar-refractivity contribution in [1.29, 1.82) is 0 Å². The maximum atomic E-state index is 12.7. The molecule has 10 heteroatoms. The van der Waals surface area contributed by atoms with Gasteiger partial charge in [0.1, 0.15) is 36.3 Å². The number of benzene rings is 5. The molecule has 7 rings (SSSR count). The van der Waals surface area contributed by atoms with E-state index in [2.05, 4.69) is 0 Å². The summed E-state index contributed by atoms with van der Waals surface area (Å²) in [5.74, 6) is -1.16. The van der Waals surface area contributed by atoms with Gasteiger partial charge in [0.25, 0.3) is 6.43 Å². The minimum Gasteiger partial charge on any atom is -0.488 e. The molecule has 2 aliphatic heterocycles. The zero-order chi connectivity index (χ0) is 36.7. The van der Waals surface area contributed by atoms with Gasteiger partial charge in [-0.15, -0.1) is 0 Å². The van der Waals surface area contributed by atoms with Crippen LogP contribution in [0.2, 0.25) is 5.02 Å². The van der Waals surface area contributed by atoms with Gasteiger partial charge in [-0.2, -0.15) is 0 Å². The van der Waals surface area contributed by atoms with Gasteiger partial charge in [-0.25, -0.2) is 8.78 Å². The number of ether oxygens (including phenoxy) is 6. The molecule has 2 fully saturated rings. The summed E-state index contributed by atoms with van der Waals surface area (Å²) in [6.07, 6.45) is -4.55. The van der Waals surface area contributed by atoms with E-state index in [0.717, 1.165) is 27.8 Å². The van der Waals surface area contributed by atoms with Gasteiger partial charge in [0.2, 0.25) is 5.79 Å². The SMILES string of the molecule is OC[C@]12COC(c3ccc(Cl)c(Cc4ccc(OCC(F)F)cc4)c3)(O1)[C@H](OCc1ccccc1)[C@@H](OCc1ccccc1)[C@@H]2OCc1ccccc1. The number of hydrogen-bond acceptors (Lipinski definition) is 7. The first kappa shape index (κ1) is 37.1. The van der Waals surface area contributed by atoms with Gasteiger partial charge in [0.15, 0.2) is 0 Å². The first-order valence-corrected chi connectivity index (χ1v) is 18.0. The molecule has 5 atom stereocenters. The summed E-state index contributed by atoms with van der Waals surface area (Å²) in [4.78, 5) is 0. The van der Waals surface area contributed by atoms with Crippen molar-refractivity contribution in [2.24, 2.45) is 0 Å². The molecule has 5 aromatic rings. The number of alkyl halides is 2. The van der Waals surface area contributed by atoms with E-state index >= 15 is 0 Å². The van der Waals surface area contributed by atoms with Crippen LogP contribution in [0.15, 0.2) is 133 Å². The van der Waals surface area contributed by atoms with Crippen molar-refractivity contribution in [2.45, 2.75) is 62.4 Å². The predicted octanol–water partition coefficient (Wildman–Crippen LogP) is 8.28. The van der Waals surface area contributed by atoms with Gasteiger partial charge in [-0.3, -0.25) is 0 Å². The molecule has 2 aliphatic rings. The first-order chi connectivity index (χ1) is 25.9. The fraction of sp³-hybridized carbons (Fsp3) is 0.302. The van der Waals surface area contributed by atoms with E-state index in [9.17, 15) is 13.9 Å². The summed E-state index contributed by atoms with van der Waals surface area (Å²) in [6, 6.07) is 42.0. The standard InChI is InChI=1S/C43H41ClF2O7/c44-37-21-18-35(23-34(37)22-30-16-19-36(20-17-30)48-27-38(45)46)43-41(51-26-33-14-8-3-9-15-33)39(49-24-31-10-4-1-5-11-31)40(42(28-47,53-43)29-52-43)50-25-32-12-6-2-7-13-32/h1-21,23,38-41,47H,22,24-29H2/t39-,40-,41+,42+,43?/m0/s1. The van der Waals surface area contributed by atoms with Gasteiger partial charge in [-0.05, 0) is 58.5 Å². The summed E-state index contributed by atoms with van der Waals surface area (Å²) in [5.41, 5.74) is 3.87. The van der Waals surface area contributed by atoms with E-state index in [1.54, 1.807) is 18.2 Å². The molecule has 5 aromatic carbocycles. The van der Waals surface area contributed by atoms with Crippen LogP contribution in [0.5, 0.6) is 5.75 Å². The van der Waals surface area contributed by atoms with Crippen LogP contribution in [-0.4, -0.2) is 55.3 Å². The van der Waals surface area contributed by atoms with Gasteiger partial charge < -0.3 is 33.5 Å². The summed E-state index contributed by atoms with van der Waals surface area (Å²) in [6.45, 7) is -0.336. The second-order valence-electron chi connectivity index (χ2n) is 13.3. The summed E-state index contributed by atoms with van der Waals surface area (Å²) in [7, 11) is 0. The molecule has 0 spiro atoms. The molecule has 2 heterocycles. The number of halogens is 3. The smallest absolute Gasteiger partial charge is 0.272 e. The molecular formula is C43H41ClF2O7. The maximum absolute atomic E-state index is 12.7. The van der Waals surface area contributed by atoms with Gasteiger partial charge in [-0.1, -0.05) is 121 Å². The monoisotopic (exact) mass is 742 g/mol. The third kappa shape index (κ3) is 8.47. The highest BCUT2D eigenvalue weighted by atomic mass is 35.5. The maximum Gasteiger partial charge on any atom is 0.272 e. The second-order valence-corrected chi connectivity index (χ2v) is 13.7. The molecule has 2 saturated heterocycles. The molecule has 0 amide bonds. The molecule has 1 N–H and O–H groups in total. The Kier molecular flexibility index (Phi) is 11.8. The van der Waals surface area contributed by atoms with E-state index in [4.69, 9.17) is 40.0 Å². The lowest BCUT2D eigenvalue weighted by Gasteiger charge is -2.50. The molecule has 0 aliphatic carbocycles. The van der Waals surface area contributed by atoms with Crippen molar-refractivity contribution < 1.29 is 42.3 Å². The quantitative estimate of drug-likeness (QED) is 0.109. The largest absolute Gasteiger partial charge is 0.488 e. The van der Waals surface area contributed by atoms with Gasteiger partial charge in [0.05, 0.1) is 33.0 Å². The fourth-order valence-electron chi connectivity index (χ4n) is 6.94. The van der Waals surface area contributed by atoms with E-state index in [-0.39, 0.29) is 26.4 Å². The highest BCUT2D eigenvalue weighted by molar-refractivity contribution is 6.31. The van der Waals surface area contributed by atoms with Crippen LogP contribution in [0.4, 0.5) is 8.78 Å². The Morgan fingerprint density at radius 3 is 1.83 bits per heavy atom. The lowest BCUT2D eigenvalue weighted by atomic mass is 9.83. The zero-order valence-corrected chi connectivity index (χ0v) is 29.7. The number of rotatable bonds is 16. The summed E-state index contributed by atoms with van der Waals surface area (Å²) >= 11 is 6.80. The van der Waals surface area contributed by atoms with Crippen LogP contribution in [0.1, 0.15) is 33.4 Å². The average molecular weight is 743 g/mol. The highest BCUT2D eigenvalue weighted by Crippen LogP contribution is 2.53. The van der Waals surface area contributed by atoms with Crippen LogP contribution in [-0.2, 0) is 55.7 Å². The Labute approximate surface area is 313 Å². The van der Waals surface area contributed by atoms with Crippen molar-refractivity contribution in [2.75, 3.05) is 19.8 Å². The number of hydrogen-bond donors (Lipinski definition) is 1. The molecular weight excluding hydrogens is 702 g/mol. The average Bonchev–Trinajstić information content (AvgIpc) is 3.55. The Hall–Kier alpha value is -4.19. The second kappa shape index (κ2) is 16.9. The lowest BCUT2D eigenvalue weighted by Crippen LogP contribution is -2.67. The molecule has 0 saturated carbocycles. The summed E-state index contributed by atoms with van der Waals surface area (Å²) < 4.78 is 64.5. The minimum atomic E-state index is -2.56. The first-order valence-electron chi connectivity index (χ1n) is 17.6. The summed E-state index contributed by atoms with van der Waals surface area (Å²) in [5, 5.41) is 11.6. The predicted molar refractivity (Wildman–Crippen MR) is 196 cm³/mol. The van der Waals surface area contributed by atoms with Crippen molar-refractivity contribution >= 4 is 11.6 Å². The Morgan fingerprint density at radius 1 is 0.698 bits per heavy atom. The minimum absolute atomic E-state index is 0.0113.